The zero-order valence-corrected chi connectivity index (χ0v) is 20.6. The van der Waals surface area contributed by atoms with Gasteiger partial charge in [0.15, 0.2) is 0 Å². The molecule has 0 atom stereocenters. The molecule has 0 aliphatic heterocycles. The topological polar surface area (TPSA) is 177 Å². The Labute approximate surface area is 219 Å². The highest BCUT2D eigenvalue weighted by molar-refractivity contribution is 6.08. The third-order valence-electron chi connectivity index (χ3n) is 5.52. The fraction of sp³-hybridized carbons (Fsp3) is 0.0741. The highest BCUT2D eigenvalue weighted by Crippen LogP contribution is 2.23. The van der Waals surface area contributed by atoms with E-state index < -0.39 is 27.8 Å². The molecule has 2 heterocycles. The van der Waals surface area contributed by atoms with E-state index in [2.05, 4.69) is 5.32 Å². The van der Waals surface area contributed by atoms with E-state index in [4.69, 9.17) is 24.0 Å². The first-order valence-electron chi connectivity index (χ1n) is 11.2. The summed E-state index contributed by atoms with van der Waals surface area (Å²) in [6, 6.07) is 19.2. The Bertz CT molecular complexity index is 1830. The van der Waals surface area contributed by atoms with Crippen LogP contribution in [-0.4, -0.2) is 25.1 Å². The van der Waals surface area contributed by atoms with E-state index in [1.807, 2.05) is 0 Å². The molecule has 1 amide bonds. The number of rotatable bonds is 5. The number of carbonyl (C=O) groups excluding carboxylic acids is 1. The summed E-state index contributed by atoms with van der Waals surface area (Å²) < 4.78 is 20.1. The van der Waals surface area contributed by atoms with Crippen LogP contribution in [-0.2, 0) is 0 Å². The first-order valence-corrected chi connectivity index (χ1v) is 11.2. The maximum absolute atomic E-state index is 12.2. The molecule has 0 radical (unpaired) electrons. The summed E-state index contributed by atoms with van der Waals surface area (Å²) in [5.41, 5.74) is 4.89. The van der Waals surface area contributed by atoms with Crippen LogP contribution in [0.1, 0.15) is 10.4 Å². The van der Waals surface area contributed by atoms with Crippen molar-refractivity contribution in [2.24, 2.45) is 0 Å². The number of benzene rings is 3. The van der Waals surface area contributed by atoms with Crippen molar-refractivity contribution < 1.29 is 28.0 Å². The highest BCUT2D eigenvalue weighted by Gasteiger charge is 2.16. The second kappa shape index (κ2) is 11.2. The maximum atomic E-state index is 12.2. The molecule has 0 aliphatic carbocycles. The Balaban J connectivity index is 0.000000193. The number of hydrogen-bond acceptors (Lipinski definition) is 10. The number of nitrogens with two attached hydrogens (primary N) is 1. The van der Waals surface area contributed by atoms with Crippen LogP contribution < -0.4 is 31.8 Å². The van der Waals surface area contributed by atoms with Gasteiger partial charge in [0.2, 0.25) is 0 Å². The molecule has 5 rings (SSSR count). The predicted molar refractivity (Wildman–Crippen MR) is 144 cm³/mol. The number of carbonyl (C=O) groups is 1. The zero-order valence-electron chi connectivity index (χ0n) is 20.6. The van der Waals surface area contributed by atoms with Crippen LogP contribution in [0.15, 0.2) is 91.2 Å². The van der Waals surface area contributed by atoms with E-state index in [0.29, 0.717) is 39.1 Å². The zero-order chi connectivity index (χ0) is 28.1. The van der Waals surface area contributed by atoms with Crippen LogP contribution in [0.25, 0.3) is 21.9 Å². The lowest BCUT2D eigenvalue weighted by Crippen LogP contribution is -2.18. The SMILES string of the molecule is COc1ccc2cc(NC(=O)c3ccccc3N)c(=O)oc2c1.COc1ccc2cc([N+](=O)[O-])c(=O)oc2c1. The Kier molecular flexibility index (Phi) is 7.57. The average molecular weight is 531 g/mol. The molecule has 39 heavy (non-hydrogen) atoms. The Morgan fingerprint density at radius 2 is 1.41 bits per heavy atom. The van der Waals surface area contributed by atoms with Crippen LogP contribution in [0, 0.1) is 10.1 Å². The smallest absolute Gasteiger partial charge is 0.415 e. The lowest BCUT2D eigenvalue weighted by Gasteiger charge is -2.07. The summed E-state index contributed by atoms with van der Waals surface area (Å²) in [7, 11) is 3.00. The van der Waals surface area contributed by atoms with Crippen LogP contribution in [0.5, 0.6) is 11.5 Å². The van der Waals surface area contributed by atoms with E-state index in [9.17, 15) is 24.5 Å². The van der Waals surface area contributed by atoms with Crippen LogP contribution in [0.3, 0.4) is 0 Å². The van der Waals surface area contributed by atoms with Crippen molar-refractivity contribution in [3.63, 3.8) is 0 Å². The minimum atomic E-state index is -0.967. The Morgan fingerprint density at radius 1 is 0.846 bits per heavy atom. The molecule has 0 fully saturated rings. The molecule has 198 valence electrons. The van der Waals surface area contributed by atoms with Gasteiger partial charge in [-0.15, -0.1) is 0 Å². The number of anilines is 2. The number of para-hydroxylation sites is 1. The van der Waals surface area contributed by atoms with E-state index in [0.717, 1.165) is 0 Å². The summed E-state index contributed by atoms with van der Waals surface area (Å²) in [5, 5.41) is 14.2. The second-order valence-corrected chi connectivity index (χ2v) is 7.97. The van der Waals surface area contributed by atoms with Crippen LogP contribution in [0.4, 0.5) is 17.1 Å². The van der Waals surface area contributed by atoms with E-state index in [1.54, 1.807) is 60.7 Å². The number of nitrogen functional groups attached to an aromatic ring is 1. The number of fused-ring (bicyclic) bond motifs is 2. The number of ether oxygens (including phenoxy) is 2. The predicted octanol–water partition coefficient (Wildman–Crippen LogP) is 4.35. The van der Waals surface area contributed by atoms with Gasteiger partial charge in [-0.3, -0.25) is 14.9 Å². The molecular formula is C27H21N3O9. The summed E-state index contributed by atoms with van der Waals surface area (Å²) in [6.45, 7) is 0. The summed E-state index contributed by atoms with van der Waals surface area (Å²) in [4.78, 5) is 45.2. The molecular weight excluding hydrogens is 510 g/mol. The number of methoxy groups -OCH3 is 2. The van der Waals surface area contributed by atoms with Gasteiger partial charge in [-0.2, -0.15) is 0 Å². The number of hydrogen-bond donors (Lipinski definition) is 2. The van der Waals surface area contributed by atoms with Gasteiger partial charge in [0, 0.05) is 34.7 Å². The van der Waals surface area contributed by atoms with Gasteiger partial charge in [-0.25, -0.2) is 9.59 Å². The molecule has 3 aromatic carbocycles. The van der Waals surface area contributed by atoms with Gasteiger partial charge in [0.25, 0.3) is 5.91 Å². The largest absolute Gasteiger partial charge is 0.497 e. The maximum Gasteiger partial charge on any atom is 0.415 e. The summed E-state index contributed by atoms with van der Waals surface area (Å²) in [6.07, 6.45) is 0. The van der Waals surface area contributed by atoms with Gasteiger partial charge in [0.1, 0.15) is 28.4 Å². The fourth-order valence-corrected chi connectivity index (χ4v) is 3.53. The third-order valence-corrected chi connectivity index (χ3v) is 5.52. The normalized spacial score (nSPS) is 10.4. The summed E-state index contributed by atoms with van der Waals surface area (Å²) >= 11 is 0. The lowest BCUT2D eigenvalue weighted by molar-refractivity contribution is -0.387. The lowest BCUT2D eigenvalue weighted by atomic mass is 10.1. The molecule has 0 saturated heterocycles. The molecule has 2 aromatic heterocycles. The van der Waals surface area contributed by atoms with Gasteiger partial charge in [-0.1, -0.05) is 12.1 Å². The first-order chi connectivity index (χ1) is 18.7. The standard InChI is InChI=1S/C17H14N2O4.C10H7NO5/c1-22-11-7-6-10-8-14(17(21)23-15(10)9-11)19-16(20)12-4-2-3-5-13(12)18;1-15-7-3-2-6-4-8(11(13)14)10(12)16-9(6)5-7/h2-9H,18H2,1H3,(H,19,20);2-5H,1H3. The minimum Gasteiger partial charge on any atom is -0.497 e. The van der Waals surface area contributed by atoms with Crippen LogP contribution >= 0.6 is 0 Å². The Morgan fingerprint density at radius 3 is 1.97 bits per heavy atom. The quantitative estimate of drug-likeness (QED) is 0.143. The molecule has 12 heteroatoms. The minimum absolute atomic E-state index is 0.0518. The monoisotopic (exact) mass is 531 g/mol. The molecule has 0 aliphatic rings. The van der Waals surface area contributed by atoms with Crippen molar-refractivity contribution in [2.75, 3.05) is 25.3 Å². The average Bonchev–Trinajstić information content (AvgIpc) is 2.92. The number of amides is 1. The molecule has 0 unspecified atom stereocenters. The van der Waals surface area contributed by atoms with Gasteiger partial charge < -0.3 is 29.4 Å². The van der Waals surface area contributed by atoms with E-state index in [-0.39, 0.29) is 11.3 Å². The molecule has 12 nitrogen and oxygen atoms in total. The van der Waals surface area contributed by atoms with Crippen molar-refractivity contribution in [3.05, 3.63) is 109 Å². The number of nitro groups is 1. The van der Waals surface area contributed by atoms with Gasteiger partial charge in [0.05, 0.1) is 24.7 Å². The van der Waals surface area contributed by atoms with Crippen LogP contribution in [0.2, 0.25) is 0 Å². The van der Waals surface area contributed by atoms with Gasteiger partial charge >= 0.3 is 16.9 Å². The Hall–Kier alpha value is -5.65. The molecule has 0 saturated carbocycles. The molecule has 0 bridgehead atoms. The fourth-order valence-electron chi connectivity index (χ4n) is 3.53. The first kappa shape index (κ1) is 26.4. The third kappa shape index (κ3) is 5.85. The molecule has 0 spiro atoms. The summed E-state index contributed by atoms with van der Waals surface area (Å²) in [5.74, 6) is 0.627. The van der Waals surface area contributed by atoms with E-state index >= 15 is 0 Å². The van der Waals surface area contributed by atoms with Crippen molar-refractivity contribution in [1.29, 1.82) is 0 Å². The second-order valence-electron chi connectivity index (χ2n) is 7.97. The van der Waals surface area contributed by atoms with Crippen molar-refractivity contribution in [1.82, 2.24) is 0 Å². The number of nitrogens with one attached hydrogen (secondary N) is 1. The van der Waals surface area contributed by atoms with Gasteiger partial charge in [-0.05, 0) is 42.5 Å². The van der Waals surface area contributed by atoms with Crippen molar-refractivity contribution in [2.45, 2.75) is 0 Å². The molecule has 3 N–H and O–H groups in total. The van der Waals surface area contributed by atoms with E-state index in [1.165, 1.54) is 26.4 Å². The van der Waals surface area contributed by atoms with Crippen molar-refractivity contribution >= 4 is 44.9 Å². The van der Waals surface area contributed by atoms with Crippen molar-refractivity contribution in [3.8, 4) is 11.5 Å². The highest BCUT2D eigenvalue weighted by atomic mass is 16.6. The molecule has 5 aromatic rings. The number of nitrogens with zero attached hydrogens (tertiary/aromatic N) is 1.